The van der Waals surface area contributed by atoms with Crippen LogP contribution in [0, 0.1) is 13.8 Å². The predicted molar refractivity (Wildman–Crippen MR) is 118 cm³/mol. The summed E-state index contributed by atoms with van der Waals surface area (Å²) in [5.41, 5.74) is 4.53. The number of rotatable bonds is 5. The smallest absolute Gasteiger partial charge is 0.282 e. The van der Waals surface area contributed by atoms with Gasteiger partial charge in [-0.25, -0.2) is 4.90 Å². The lowest BCUT2D eigenvalue weighted by molar-refractivity contribution is -0.120. The van der Waals surface area contributed by atoms with Crippen LogP contribution in [0.5, 0.6) is 5.75 Å². The maximum absolute atomic E-state index is 13.5. The molecule has 1 N–H and O–H groups in total. The topological polar surface area (TPSA) is 58.6 Å². The van der Waals surface area contributed by atoms with E-state index in [2.05, 4.69) is 5.32 Å². The summed E-state index contributed by atoms with van der Waals surface area (Å²) in [7, 11) is 1.59. The molecule has 0 atom stereocenters. The predicted octanol–water partition coefficient (Wildman–Crippen LogP) is 4.71. The number of imide groups is 1. The fraction of sp³-hybridized carbons (Fsp3) is 0.120. The van der Waals surface area contributed by atoms with E-state index in [1.807, 2.05) is 62.4 Å². The highest BCUT2D eigenvalue weighted by atomic mass is 16.5. The van der Waals surface area contributed by atoms with E-state index < -0.39 is 0 Å². The molecule has 3 aromatic rings. The van der Waals surface area contributed by atoms with Crippen molar-refractivity contribution in [2.75, 3.05) is 17.3 Å². The van der Waals surface area contributed by atoms with Gasteiger partial charge >= 0.3 is 0 Å². The fourth-order valence-electron chi connectivity index (χ4n) is 3.65. The molecule has 3 aromatic carbocycles. The zero-order valence-electron chi connectivity index (χ0n) is 17.1. The number of carbonyl (C=O) groups excluding carboxylic acids is 2. The van der Waals surface area contributed by atoms with Crippen LogP contribution in [0.1, 0.15) is 16.7 Å². The Hall–Kier alpha value is -3.86. The summed E-state index contributed by atoms with van der Waals surface area (Å²) in [6, 6.07) is 22.2. The maximum atomic E-state index is 13.5. The third-order valence-corrected chi connectivity index (χ3v) is 4.97. The number of benzene rings is 3. The SMILES string of the molecule is COc1ccc(C2=C(Nc3ccccc3)C(=O)N(c3cc(C)cc(C)c3)C2=O)cc1. The number of para-hydroxylation sites is 1. The first-order valence-electron chi connectivity index (χ1n) is 9.66. The standard InChI is InChI=1S/C25H22N2O3/c1-16-13-17(2)15-20(14-16)27-24(28)22(18-9-11-21(30-3)12-10-18)23(25(27)29)26-19-7-5-4-6-8-19/h4-15,26H,1-3H3. The molecule has 1 aliphatic heterocycles. The molecule has 0 bridgehead atoms. The van der Waals surface area contributed by atoms with E-state index in [0.29, 0.717) is 22.6 Å². The molecule has 0 radical (unpaired) electrons. The van der Waals surface area contributed by atoms with Crippen molar-refractivity contribution in [3.63, 3.8) is 0 Å². The van der Waals surface area contributed by atoms with Crippen molar-refractivity contribution < 1.29 is 14.3 Å². The average molecular weight is 398 g/mol. The lowest BCUT2D eigenvalue weighted by Crippen LogP contribution is -2.32. The molecule has 5 heteroatoms. The molecule has 0 unspecified atom stereocenters. The Bertz CT molecular complexity index is 1130. The zero-order valence-corrected chi connectivity index (χ0v) is 17.1. The van der Waals surface area contributed by atoms with Crippen LogP contribution < -0.4 is 15.0 Å². The van der Waals surface area contributed by atoms with E-state index in [1.165, 1.54) is 4.90 Å². The molecule has 0 saturated carbocycles. The van der Waals surface area contributed by atoms with Crippen LogP contribution >= 0.6 is 0 Å². The van der Waals surface area contributed by atoms with Crippen LogP contribution in [0.2, 0.25) is 0 Å². The van der Waals surface area contributed by atoms with Crippen molar-refractivity contribution in [2.24, 2.45) is 0 Å². The van der Waals surface area contributed by atoms with E-state index >= 15 is 0 Å². The molecule has 1 aliphatic rings. The molecule has 4 rings (SSSR count). The number of amides is 2. The van der Waals surface area contributed by atoms with Crippen LogP contribution in [0.25, 0.3) is 5.57 Å². The summed E-state index contributed by atoms with van der Waals surface area (Å²) in [6.07, 6.45) is 0. The van der Waals surface area contributed by atoms with E-state index in [0.717, 1.165) is 16.8 Å². The van der Waals surface area contributed by atoms with Gasteiger partial charge in [-0.1, -0.05) is 36.4 Å². The van der Waals surface area contributed by atoms with Gasteiger partial charge in [0.25, 0.3) is 11.8 Å². The second-order valence-corrected chi connectivity index (χ2v) is 7.26. The van der Waals surface area contributed by atoms with E-state index in [-0.39, 0.29) is 17.5 Å². The third-order valence-electron chi connectivity index (χ3n) is 4.97. The average Bonchev–Trinajstić information content (AvgIpc) is 2.97. The quantitative estimate of drug-likeness (QED) is 0.633. The second-order valence-electron chi connectivity index (χ2n) is 7.26. The van der Waals surface area contributed by atoms with Crippen molar-refractivity contribution >= 4 is 28.8 Å². The van der Waals surface area contributed by atoms with Crippen LogP contribution in [-0.2, 0) is 9.59 Å². The van der Waals surface area contributed by atoms with E-state index in [1.54, 1.807) is 31.4 Å². The van der Waals surface area contributed by atoms with Crippen molar-refractivity contribution in [3.8, 4) is 5.75 Å². The van der Waals surface area contributed by atoms with Crippen molar-refractivity contribution in [1.29, 1.82) is 0 Å². The molecule has 0 fully saturated rings. The summed E-state index contributed by atoms with van der Waals surface area (Å²) in [4.78, 5) is 28.1. The largest absolute Gasteiger partial charge is 0.497 e. The number of hydrogen-bond acceptors (Lipinski definition) is 4. The van der Waals surface area contributed by atoms with Crippen molar-refractivity contribution in [2.45, 2.75) is 13.8 Å². The normalized spacial score (nSPS) is 13.8. The molecule has 150 valence electrons. The van der Waals surface area contributed by atoms with Gasteiger partial charge in [-0.05, 0) is 66.9 Å². The lowest BCUT2D eigenvalue weighted by atomic mass is 10.0. The Morgan fingerprint density at radius 1 is 0.800 bits per heavy atom. The van der Waals surface area contributed by atoms with Gasteiger partial charge in [0.1, 0.15) is 11.4 Å². The number of nitrogens with one attached hydrogen (secondary N) is 1. The molecular formula is C25H22N2O3. The minimum atomic E-state index is -0.375. The lowest BCUT2D eigenvalue weighted by Gasteiger charge is -2.17. The first-order valence-corrected chi connectivity index (χ1v) is 9.66. The van der Waals surface area contributed by atoms with Gasteiger partial charge in [0.15, 0.2) is 0 Å². The summed E-state index contributed by atoms with van der Waals surface area (Å²) in [5.74, 6) is -0.0480. The molecule has 1 heterocycles. The van der Waals surface area contributed by atoms with Crippen LogP contribution in [0.3, 0.4) is 0 Å². The Kier molecular flexibility index (Phi) is 5.11. The number of hydrogen-bond donors (Lipinski definition) is 1. The van der Waals surface area contributed by atoms with Gasteiger partial charge in [-0.15, -0.1) is 0 Å². The monoisotopic (exact) mass is 398 g/mol. The summed E-state index contributed by atoms with van der Waals surface area (Å²) >= 11 is 0. The van der Waals surface area contributed by atoms with E-state index in [9.17, 15) is 9.59 Å². The van der Waals surface area contributed by atoms with Gasteiger partial charge in [0, 0.05) is 5.69 Å². The molecule has 0 spiro atoms. The number of ether oxygens (including phenoxy) is 1. The number of nitrogens with zero attached hydrogens (tertiary/aromatic N) is 1. The van der Waals surface area contributed by atoms with E-state index in [4.69, 9.17) is 4.74 Å². The van der Waals surface area contributed by atoms with Crippen LogP contribution in [-0.4, -0.2) is 18.9 Å². The number of carbonyl (C=O) groups is 2. The zero-order chi connectivity index (χ0) is 21.3. The molecule has 0 aromatic heterocycles. The van der Waals surface area contributed by atoms with Gasteiger partial charge in [0.05, 0.1) is 18.4 Å². The maximum Gasteiger partial charge on any atom is 0.282 e. The molecule has 2 amide bonds. The highest BCUT2D eigenvalue weighted by Crippen LogP contribution is 2.35. The van der Waals surface area contributed by atoms with Gasteiger partial charge in [-0.2, -0.15) is 0 Å². The highest BCUT2D eigenvalue weighted by Gasteiger charge is 2.40. The van der Waals surface area contributed by atoms with Crippen molar-refractivity contribution in [1.82, 2.24) is 0 Å². The third kappa shape index (κ3) is 3.57. The first-order chi connectivity index (χ1) is 14.5. The van der Waals surface area contributed by atoms with Gasteiger partial charge < -0.3 is 10.1 Å². The number of methoxy groups -OCH3 is 1. The van der Waals surface area contributed by atoms with Crippen molar-refractivity contribution in [3.05, 3.63) is 95.2 Å². The fourth-order valence-corrected chi connectivity index (χ4v) is 3.65. The molecular weight excluding hydrogens is 376 g/mol. The Labute approximate surface area is 175 Å². The summed E-state index contributed by atoms with van der Waals surface area (Å²) in [5, 5.41) is 3.16. The Balaban J connectivity index is 1.83. The number of anilines is 2. The van der Waals surface area contributed by atoms with Gasteiger partial charge in [-0.3, -0.25) is 9.59 Å². The summed E-state index contributed by atoms with van der Waals surface area (Å²) in [6.45, 7) is 3.89. The minimum Gasteiger partial charge on any atom is -0.497 e. The molecule has 30 heavy (non-hydrogen) atoms. The Morgan fingerprint density at radius 3 is 2.03 bits per heavy atom. The summed E-state index contributed by atoms with van der Waals surface area (Å²) < 4.78 is 5.23. The Morgan fingerprint density at radius 2 is 1.43 bits per heavy atom. The highest BCUT2D eigenvalue weighted by molar-refractivity contribution is 6.46. The second kappa shape index (κ2) is 7.87. The van der Waals surface area contributed by atoms with Crippen LogP contribution in [0.15, 0.2) is 78.5 Å². The first kappa shape index (κ1) is 19.5. The molecule has 0 saturated heterocycles. The molecule has 5 nitrogen and oxygen atoms in total. The minimum absolute atomic E-state index is 0.260. The molecule has 0 aliphatic carbocycles. The van der Waals surface area contributed by atoms with Crippen LogP contribution in [0.4, 0.5) is 11.4 Å². The number of aryl methyl sites for hydroxylation is 2. The van der Waals surface area contributed by atoms with Gasteiger partial charge in [0.2, 0.25) is 0 Å².